The van der Waals surface area contributed by atoms with Crippen LogP contribution in [0.4, 0.5) is 5.69 Å². The highest BCUT2D eigenvalue weighted by Gasteiger charge is 2.23. The first-order chi connectivity index (χ1) is 11.6. The van der Waals surface area contributed by atoms with Crippen molar-refractivity contribution in [2.45, 2.75) is 19.3 Å². The van der Waals surface area contributed by atoms with Gasteiger partial charge >= 0.3 is 0 Å². The second kappa shape index (κ2) is 7.71. The zero-order chi connectivity index (χ0) is 16.9. The van der Waals surface area contributed by atoms with Gasteiger partial charge in [-0.15, -0.1) is 0 Å². The molecule has 1 fully saturated rings. The highest BCUT2D eigenvalue weighted by atomic mass is 35.5. The van der Waals surface area contributed by atoms with Gasteiger partial charge < -0.3 is 9.80 Å². The molecule has 0 saturated carbocycles. The van der Waals surface area contributed by atoms with Crippen molar-refractivity contribution in [3.05, 3.63) is 65.2 Å². The Hall–Kier alpha value is -2.00. The fourth-order valence-electron chi connectivity index (χ4n) is 3.18. The van der Waals surface area contributed by atoms with Crippen molar-refractivity contribution < 1.29 is 4.79 Å². The Morgan fingerprint density at radius 3 is 2.42 bits per heavy atom. The minimum absolute atomic E-state index is 0.247. The fourth-order valence-corrected chi connectivity index (χ4v) is 3.36. The van der Waals surface area contributed by atoms with Crippen LogP contribution < -0.4 is 4.90 Å². The summed E-state index contributed by atoms with van der Waals surface area (Å²) in [6.07, 6.45) is 0.571. The van der Waals surface area contributed by atoms with Gasteiger partial charge in [-0.3, -0.25) is 4.79 Å². The van der Waals surface area contributed by atoms with Gasteiger partial charge in [-0.25, -0.2) is 0 Å². The molecule has 0 N–H and O–H groups in total. The fraction of sp³-hybridized carbons (Fsp3) is 0.350. The van der Waals surface area contributed by atoms with Crippen molar-refractivity contribution in [1.82, 2.24) is 4.90 Å². The first kappa shape index (κ1) is 16.8. The van der Waals surface area contributed by atoms with E-state index in [9.17, 15) is 4.79 Å². The molecule has 1 aliphatic rings. The molecule has 0 radical (unpaired) electrons. The molecule has 0 unspecified atom stereocenters. The van der Waals surface area contributed by atoms with Crippen molar-refractivity contribution in [2.75, 3.05) is 31.1 Å². The maximum absolute atomic E-state index is 12.6. The lowest BCUT2D eigenvalue weighted by molar-refractivity contribution is -0.131. The summed E-state index contributed by atoms with van der Waals surface area (Å²) in [6.45, 7) is 5.37. The largest absolute Gasteiger partial charge is 0.368 e. The molecule has 4 heteroatoms. The van der Waals surface area contributed by atoms with Crippen LogP contribution in [0.25, 0.3) is 0 Å². The van der Waals surface area contributed by atoms with Crippen LogP contribution in [-0.4, -0.2) is 37.0 Å². The number of carbonyl (C=O) groups excluding carboxylic acids is 1. The third-order valence-electron chi connectivity index (χ3n) is 4.66. The third kappa shape index (κ3) is 4.09. The highest BCUT2D eigenvalue weighted by Crippen LogP contribution is 2.23. The second-order valence-corrected chi connectivity index (χ2v) is 6.80. The van der Waals surface area contributed by atoms with Gasteiger partial charge in [-0.05, 0) is 29.7 Å². The number of piperazine rings is 1. The maximum Gasteiger partial charge on any atom is 0.223 e. The average Bonchev–Trinajstić information content (AvgIpc) is 2.62. The first-order valence-corrected chi connectivity index (χ1v) is 8.84. The molecule has 1 aliphatic heterocycles. The molecule has 2 aromatic rings. The lowest BCUT2D eigenvalue weighted by Gasteiger charge is -2.36. The second-order valence-electron chi connectivity index (χ2n) is 6.36. The van der Waals surface area contributed by atoms with Gasteiger partial charge in [-0.2, -0.15) is 0 Å². The predicted octanol–water partition coefficient (Wildman–Crippen LogP) is 4.18. The van der Waals surface area contributed by atoms with Gasteiger partial charge in [0.1, 0.15) is 0 Å². The Morgan fingerprint density at radius 2 is 1.75 bits per heavy atom. The average molecular weight is 343 g/mol. The summed E-state index contributed by atoms with van der Waals surface area (Å²) in [5.41, 5.74) is 2.36. The van der Waals surface area contributed by atoms with Crippen LogP contribution in [0.1, 0.15) is 24.8 Å². The summed E-state index contributed by atoms with van der Waals surface area (Å²) in [4.78, 5) is 16.8. The number of anilines is 1. The van der Waals surface area contributed by atoms with E-state index in [0.29, 0.717) is 6.42 Å². The number of hydrogen-bond acceptors (Lipinski definition) is 2. The van der Waals surface area contributed by atoms with Gasteiger partial charge in [0.25, 0.3) is 0 Å². The van der Waals surface area contributed by atoms with Gasteiger partial charge in [0.15, 0.2) is 0 Å². The summed E-state index contributed by atoms with van der Waals surface area (Å²) in [6, 6.07) is 18.2. The zero-order valence-corrected chi connectivity index (χ0v) is 14.7. The summed E-state index contributed by atoms with van der Waals surface area (Å²) in [7, 11) is 0. The first-order valence-electron chi connectivity index (χ1n) is 8.47. The number of hydrogen-bond donors (Lipinski definition) is 0. The minimum Gasteiger partial charge on any atom is -0.368 e. The molecule has 1 atom stereocenters. The van der Waals surface area contributed by atoms with E-state index in [4.69, 9.17) is 11.6 Å². The molecule has 0 aliphatic carbocycles. The van der Waals surface area contributed by atoms with Crippen LogP contribution in [0.2, 0.25) is 5.02 Å². The normalized spacial score (nSPS) is 16.1. The van der Waals surface area contributed by atoms with Crippen molar-refractivity contribution in [2.24, 2.45) is 0 Å². The van der Waals surface area contributed by atoms with Gasteiger partial charge in [-0.1, -0.05) is 54.9 Å². The van der Waals surface area contributed by atoms with Crippen LogP contribution >= 0.6 is 11.6 Å². The molecule has 0 spiro atoms. The molecule has 1 heterocycles. The van der Waals surface area contributed by atoms with Crippen molar-refractivity contribution >= 4 is 23.2 Å². The monoisotopic (exact) mass is 342 g/mol. The van der Waals surface area contributed by atoms with E-state index in [1.807, 2.05) is 41.3 Å². The van der Waals surface area contributed by atoms with Crippen LogP contribution in [0, 0.1) is 0 Å². The molecular weight excluding hydrogens is 320 g/mol. The molecule has 0 bridgehead atoms. The quantitative estimate of drug-likeness (QED) is 0.832. The van der Waals surface area contributed by atoms with Crippen molar-refractivity contribution in [3.63, 3.8) is 0 Å². The van der Waals surface area contributed by atoms with E-state index in [1.54, 1.807) is 0 Å². The minimum atomic E-state index is 0.247. The molecule has 3 nitrogen and oxygen atoms in total. The number of rotatable bonds is 4. The molecule has 1 amide bonds. The lowest BCUT2D eigenvalue weighted by Crippen LogP contribution is -2.49. The van der Waals surface area contributed by atoms with E-state index in [1.165, 1.54) is 5.56 Å². The number of amides is 1. The number of nitrogens with zero attached hydrogens (tertiary/aromatic N) is 2. The Kier molecular flexibility index (Phi) is 5.41. The number of carbonyl (C=O) groups is 1. The highest BCUT2D eigenvalue weighted by molar-refractivity contribution is 6.30. The third-order valence-corrected chi connectivity index (χ3v) is 4.89. The number of halogens is 1. The molecular formula is C20H23ClN2O. The van der Waals surface area contributed by atoms with E-state index < -0.39 is 0 Å². The maximum atomic E-state index is 12.6. The van der Waals surface area contributed by atoms with E-state index in [0.717, 1.165) is 36.9 Å². The Morgan fingerprint density at radius 1 is 1.04 bits per heavy atom. The summed E-state index contributed by atoms with van der Waals surface area (Å²) in [5.74, 6) is 0.502. The standard InChI is InChI=1S/C20H23ClN2O/c1-16(17-6-3-2-4-7-17)14-20(24)23-12-10-22(11-13-23)19-9-5-8-18(21)15-19/h2-9,15-16H,10-14H2,1H3/t16-/m1/s1. The van der Waals surface area contributed by atoms with E-state index in [-0.39, 0.29) is 11.8 Å². The van der Waals surface area contributed by atoms with Gasteiger partial charge in [0, 0.05) is 43.3 Å². The van der Waals surface area contributed by atoms with E-state index in [2.05, 4.69) is 30.0 Å². The van der Waals surface area contributed by atoms with Gasteiger partial charge in [0.2, 0.25) is 5.91 Å². The molecule has 126 valence electrons. The Labute approximate surface area is 148 Å². The van der Waals surface area contributed by atoms with Crippen LogP contribution in [0.15, 0.2) is 54.6 Å². The topological polar surface area (TPSA) is 23.6 Å². The van der Waals surface area contributed by atoms with Crippen molar-refractivity contribution in [1.29, 1.82) is 0 Å². The lowest BCUT2D eigenvalue weighted by atomic mass is 9.97. The van der Waals surface area contributed by atoms with Crippen LogP contribution in [-0.2, 0) is 4.79 Å². The smallest absolute Gasteiger partial charge is 0.223 e. The molecule has 1 saturated heterocycles. The number of benzene rings is 2. The van der Waals surface area contributed by atoms with Gasteiger partial charge in [0.05, 0.1) is 0 Å². The van der Waals surface area contributed by atoms with Crippen LogP contribution in [0.5, 0.6) is 0 Å². The van der Waals surface area contributed by atoms with Crippen LogP contribution in [0.3, 0.4) is 0 Å². The molecule has 0 aromatic heterocycles. The molecule has 3 rings (SSSR count). The summed E-state index contributed by atoms with van der Waals surface area (Å²) < 4.78 is 0. The summed E-state index contributed by atoms with van der Waals surface area (Å²) in [5, 5.41) is 0.752. The van der Waals surface area contributed by atoms with Crippen molar-refractivity contribution in [3.8, 4) is 0 Å². The predicted molar refractivity (Wildman–Crippen MR) is 99.7 cm³/mol. The summed E-state index contributed by atoms with van der Waals surface area (Å²) >= 11 is 6.07. The Bertz CT molecular complexity index is 681. The zero-order valence-electron chi connectivity index (χ0n) is 14.0. The Balaban J connectivity index is 1.53. The molecule has 2 aromatic carbocycles. The SMILES string of the molecule is C[C@H](CC(=O)N1CCN(c2cccc(Cl)c2)CC1)c1ccccc1. The molecule has 24 heavy (non-hydrogen) atoms. The van der Waals surface area contributed by atoms with E-state index >= 15 is 0 Å².